The number of hydrogen-bond acceptors (Lipinski definition) is 4. The van der Waals surface area contributed by atoms with E-state index in [0.717, 1.165) is 30.8 Å². The predicted octanol–water partition coefficient (Wildman–Crippen LogP) is 2.90. The summed E-state index contributed by atoms with van der Waals surface area (Å²) in [5, 5.41) is 0. The molecule has 4 rings (SSSR count). The van der Waals surface area contributed by atoms with Crippen molar-refractivity contribution in [3.05, 3.63) is 29.8 Å². The highest BCUT2D eigenvalue weighted by Gasteiger charge is 2.50. The molecular weight excluding hydrogens is 380 g/mol. The molecule has 2 amide bonds. The van der Waals surface area contributed by atoms with E-state index in [-0.39, 0.29) is 17.2 Å². The van der Waals surface area contributed by atoms with Gasteiger partial charge in [0.15, 0.2) is 0 Å². The SMILES string of the molecule is CCOc1ccc(CC(=O)N2CC(CCC(=O)N3CCOCC3)C3(CCC3)C2)cc1. The average Bonchev–Trinajstić information content (AvgIpc) is 3.15. The lowest BCUT2D eigenvalue weighted by Gasteiger charge is -2.43. The first-order valence-electron chi connectivity index (χ1n) is 11.4. The van der Waals surface area contributed by atoms with E-state index in [1.165, 1.54) is 19.3 Å². The summed E-state index contributed by atoms with van der Waals surface area (Å²) in [6.07, 6.45) is 5.54. The molecule has 1 spiro atoms. The second-order valence-corrected chi connectivity index (χ2v) is 8.97. The minimum Gasteiger partial charge on any atom is -0.494 e. The van der Waals surface area contributed by atoms with Gasteiger partial charge in [-0.15, -0.1) is 0 Å². The number of ether oxygens (including phenoxy) is 2. The van der Waals surface area contributed by atoms with Crippen LogP contribution in [0.15, 0.2) is 24.3 Å². The molecule has 1 aromatic carbocycles. The third-order valence-corrected chi connectivity index (χ3v) is 7.17. The molecule has 0 N–H and O–H groups in total. The second kappa shape index (κ2) is 9.38. The zero-order chi connectivity index (χ0) is 21.0. The van der Waals surface area contributed by atoms with E-state index >= 15 is 0 Å². The number of amides is 2. The lowest BCUT2D eigenvalue weighted by Crippen LogP contribution is -2.42. The normalized spacial score (nSPS) is 22.8. The van der Waals surface area contributed by atoms with Crippen LogP contribution < -0.4 is 4.74 Å². The van der Waals surface area contributed by atoms with Crippen LogP contribution in [0.4, 0.5) is 0 Å². The number of carbonyl (C=O) groups is 2. The van der Waals surface area contributed by atoms with Gasteiger partial charge in [0.1, 0.15) is 5.75 Å². The lowest BCUT2D eigenvalue weighted by atomic mass is 9.62. The third kappa shape index (κ3) is 4.64. The van der Waals surface area contributed by atoms with Crippen LogP contribution in [0.3, 0.4) is 0 Å². The Morgan fingerprint density at radius 1 is 1.10 bits per heavy atom. The topological polar surface area (TPSA) is 59.1 Å². The molecule has 1 atom stereocenters. The Morgan fingerprint density at radius 2 is 1.83 bits per heavy atom. The Hall–Kier alpha value is -2.08. The molecule has 1 aliphatic carbocycles. The molecule has 2 saturated heterocycles. The number of hydrogen-bond donors (Lipinski definition) is 0. The smallest absolute Gasteiger partial charge is 0.227 e. The zero-order valence-electron chi connectivity index (χ0n) is 18.1. The third-order valence-electron chi connectivity index (χ3n) is 7.17. The molecule has 2 aliphatic heterocycles. The van der Waals surface area contributed by atoms with Crippen molar-refractivity contribution in [3.8, 4) is 5.75 Å². The van der Waals surface area contributed by atoms with Gasteiger partial charge in [0.2, 0.25) is 11.8 Å². The maximum absolute atomic E-state index is 13.0. The van der Waals surface area contributed by atoms with Gasteiger partial charge in [-0.3, -0.25) is 9.59 Å². The first-order valence-corrected chi connectivity index (χ1v) is 11.4. The summed E-state index contributed by atoms with van der Waals surface area (Å²) in [6.45, 7) is 6.98. The molecule has 1 aromatic rings. The van der Waals surface area contributed by atoms with Gasteiger partial charge in [0, 0.05) is 32.6 Å². The predicted molar refractivity (Wildman–Crippen MR) is 114 cm³/mol. The second-order valence-electron chi connectivity index (χ2n) is 8.97. The maximum Gasteiger partial charge on any atom is 0.227 e. The molecule has 1 saturated carbocycles. The fourth-order valence-corrected chi connectivity index (χ4v) is 5.24. The van der Waals surface area contributed by atoms with Gasteiger partial charge in [-0.2, -0.15) is 0 Å². The molecule has 3 aliphatic rings. The van der Waals surface area contributed by atoms with Crippen molar-refractivity contribution in [1.29, 1.82) is 0 Å². The van der Waals surface area contributed by atoms with Gasteiger partial charge in [-0.25, -0.2) is 0 Å². The van der Waals surface area contributed by atoms with Crippen molar-refractivity contribution in [3.63, 3.8) is 0 Å². The van der Waals surface area contributed by atoms with E-state index in [9.17, 15) is 9.59 Å². The number of nitrogens with zero attached hydrogens (tertiary/aromatic N) is 2. The van der Waals surface area contributed by atoms with Crippen LogP contribution in [0.1, 0.15) is 44.6 Å². The highest BCUT2D eigenvalue weighted by Crippen LogP contribution is 2.53. The minimum absolute atomic E-state index is 0.201. The molecule has 0 bridgehead atoms. The van der Waals surface area contributed by atoms with Crippen molar-refractivity contribution >= 4 is 11.8 Å². The quantitative estimate of drug-likeness (QED) is 0.688. The number of benzene rings is 1. The zero-order valence-corrected chi connectivity index (χ0v) is 18.1. The van der Waals surface area contributed by atoms with Crippen molar-refractivity contribution in [2.24, 2.45) is 11.3 Å². The van der Waals surface area contributed by atoms with Gasteiger partial charge in [-0.05, 0) is 55.2 Å². The highest BCUT2D eigenvalue weighted by molar-refractivity contribution is 5.79. The van der Waals surface area contributed by atoms with Gasteiger partial charge in [-0.1, -0.05) is 18.6 Å². The summed E-state index contributed by atoms with van der Waals surface area (Å²) in [4.78, 5) is 29.6. The van der Waals surface area contributed by atoms with E-state index in [1.54, 1.807) is 0 Å². The first kappa shape index (κ1) is 21.2. The lowest BCUT2D eigenvalue weighted by molar-refractivity contribution is -0.135. The van der Waals surface area contributed by atoms with E-state index < -0.39 is 0 Å². The molecule has 0 aromatic heterocycles. The fraction of sp³-hybridized carbons (Fsp3) is 0.667. The van der Waals surface area contributed by atoms with Gasteiger partial charge >= 0.3 is 0 Å². The molecule has 0 radical (unpaired) electrons. The molecule has 30 heavy (non-hydrogen) atoms. The monoisotopic (exact) mass is 414 g/mol. The van der Waals surface area contributed by atoms with Crippen molar-refractivity contribution < 1.29 is 19.1 Å². The molecule has 6 heteroatoms. The molecule has 1 unspecified atom stereocenters. The Labute approximate surface area is 179 Å². The van der Waals surface area contributed by atoms with Crippen LogP contribution in [0, 0.1) is 11.3 Å². The Kier molecular flexibility index (Phi) is 6.61. The summed E-state index contributed by atoms with van der Waals surface area (Å²) in [7, 11) is 0. The first-order chi connectivity index (χ1) is 14.6. The number of carbonyl (C=O) groups excluding carboxylic acids is 2. The molecule has 6 nitrogen and oxygen atoms in total. The maximum atomic E-state index is 13.0. The van der Waals surface area contributed by atoms with Crippen molar-refractivity contribution in [2.75, 3.05) is 46.0 Å². The van der Waals surface area contributed by atoms with Gasteiger partial charge in [0.05, 0.1) is 26.2 Å². The molecule has 3 fully saturated rings. The van der Waals surface area contributed by atoms with E-state index in [4.69, 9.17) is 9.47 Å². The van der Waals surface area contributed by atoms with Crippen LogP contribution in [-0.4, -0.2) is 67.6 Å². The summed E-state index contributed by atoms with van der Waals surface area (Å²) < 4.78 is 10.8. The largest absolute Gasteiger partial charge is 0.494 e. The highest BCUT2D eigenvalue weighted by atomic mass is 16.5. The van der Waals surface area contributed by atoms with Gasteiger partial charge < -0.3 is 19.3 Å². The van der Waals surface area contributed by atoms with E-state index in [0.29, 0.717) is 51.7 Å². The standard InChI is InChI=1S/C24H34N2O4/c1-2-30-21-7-4-19(5-8-21)16-23(28)26-17-20(24(18-26)10-3-11-24)6-9-22(27)25-12-14-29-15-13-25/h4-5,7-8,20H,2-3,6,9-18H2,1H3. The Bertz CT molecular complexity index is 738. The number of morpholine rings is 1. The van der Waals surface area contributed by atoms with Gasteiger partial charge in [0.25, 0.3) is 0 Å². The average molecular weight is 415 g/mol. The van der Waals surface area contributed by atoms with E-state index in [1.807, 2.05) is 36.1 Å². The van der Waals surface area contributed by atoms with Crippen LogP contribution in [0.5, 0.6) is 5.75 Å². The minimum atomic E-state index is 0.201. The summed E-state index contributed by atoms with van der Waals surface area (Å²) >= 11 is 0. The summed E-state index contributed by atoms with van der Waals surface area (Å²) in [5.41, 5.74) is 1.27. The summed E-state index contributed by atoms with van der Waals surface area (Å²) in [5.74, 6) is 1.73. The van der Waals surface area contributed by atoms with Crippen LogP contribution in [-0.2, 0) is 20.7 Å². The molecular formula is C24H34N2O4. The summed E-state index contributed by atoms with van der Waals surface area (Å²) in [6, 6.07) is 7.83. The number of rotatable bonds is 7. The van der Waals surface area contributed by atoms with Crippen LogP contribution >= 0.6 is 0 Å². The molecule has 164 valence electrons. The Balaban J connectivity index is 1.31. The van der Waals surface area contributed by atoms with Crippen molar-refractivity contribution in [1.82, 2.24) is 9.80 Å². The fourth-order valence-electron chi connectivity index (χ4n) is 5.24. The number of likely N-dealkylation sites (tertiary alicyclic amines) is 1. The van der Waals surface area contributed by atoms with Crippen LogP contribution in [0.2, 0.25) is 0 Å². The van der Waals surface area contributed by atoms with E-state index in [2.05, 4.69) is 4.90 Å². The Morgan fingerprint density at radius 3 is 2.47 bits per heavy atom. The van der Waals surface area contributed by atoms with Crippen molar-refractivity contribution in [2.45, 2.75) is 45.4 Å². The molecule has 2 heterocycles. The van der Waals surface area contributed by atoms with Crippen LogP contribution in [0.25, 0.3) is 0 Å².